The Bertz CT molecular complexity index is 1250. The summed E-state index contributed by atoms with van der Waals surface area (Å²) in [6.45, 7) is 3.36. The molecule has 182 valence electrons. The smallest absolute Gasteiger partial charge is 0.420 e. The molecule has 35 heavy (non-hydrogen) atoms. The van der Waals surface area contributed by atoms with Gasteiger partial charge in [-0.1, -0.05) is 6.07 Å². The first-order chi connectivity index (χ1) is 16.7. The number of amidine groups is 1. The van der Waals surface area contributed by atoms with Crippen molar-refractivity contribution in [3.63, 3.8) is 0 Å². The van der Waals surface area contributed by atoms with Crippen LogP contribution in [0.5, 0.6) is 17.2 Å². The fraction of sp³-hybridized carbons (Fsp3) is 0.292. The first kappa shape index (κ1) is 24.6. The number of halogens is 3. The summed E-state index contributed by atoms with van der Waals surface area (Å²) in [6.07, 6.45) is -3.05. The molecule has 2 heterocycles. The summed E-state index contributed by atoms with van der Waals surface area (Å²) in [7, 11) is 3.41. The summed E-state index contributed by atoms with van der Waals surface area (Å²) >= 11 is 1.30. The number of rotatable bonds is 4. The van der Waals surface area contributed by atoms with Crippen LogP contribution in [0.2, 0.25) is 0 Å². The van der Waals surface area contributed by atoms with Gasteiger partial charge < -0.3 is 19.3 Å². The van der Waals surface area contributed by atoms with Gasteiger partial charge in [0.25, 0.3) is 5.91 Å². The fourth-order valence-electron chi connectivity index (χ4n) is 3.57. The molecule has 2 aliphatic heterocycles. The van der Waals surface area contributed by atoms with Gasteiger partial charge in [0, 0.05) is 26.2 Å². The Balaban J connectivity index is 1.55. The van der Waals surface area contributed by atoms with Crippen LogP contribution in [0, 0.1) is 11.3 Å². The molecule has 2 aliphatic rings. The lowest BCUT2D eigenvalue weighted by Crippen LogP contribution is -2.46. The number of nitriles is 1. The number of amides is 1. The van der Waals surface area contributed by atoms with Crippen molar-refractivity contribution in [3.8, 4) is 23.3 Å². The molecule has 1 saturated heterocycles. The molecular formula is C24H21F3N4O3S. The molecular weight excluding hydrogens is 481 g/mol. The van der Waals surface area contributed by atoms with Crippen molar-refractivity contribution in [2.24, 2.45) is 4.99 Å². The monoisotopic (exact) mass is 502 g/mol. The largest absolute Gasteiger partial charge is 0.493 e. The van der Waals surface area contributed by atoms with Gasteiger partial charge in [-0.3, -0.25) is 4.79 Å². The molecule has 0 atom stereocenters. The number of methoxy groups -OCH3 is 1. The van der Waals surface area contributed by atoms with E-state index >= 15 is 0 Å². The summed E-state index contributed by atoms with van der Waals surface area (Å²) in [5.41, 5.74) is -0.586. The van der Waals surface area contributed by atoms with Crippen LogP contribution in [0.4, 0.5) is 13.2 Å². The average molecular weight is 503 g/mol. The zero-order chi connectivity index (χ0) is 25.2. The van der Waals surface area contributed by atoms with E-state index in [0.717, 1.165) is 38.3 Å². The third kappa shape index (κ3) is 5.61. The van der Waals surface area contributed by atoms with Gasteiger partial charge in [-0.2, -0.15) is 23.4 Å². The maximum Gasteiger partial charge on any atom is 0.420 e. The molecule has 1 fully saturated rings. The highest BCUT2D eigenvalue weighted by atomic mass is 32.2. The van der Waals surface area contributed by atoms with Crippen LogP contribution in [0.15, 0.2) is 46.3 Å². The van der Waals surface area contributed by atoms with Gasteiger partial charge in [0.2, 0.25) is 0 Å². The number of benzene rings is 2. The number of ether oxygens (including phenoxy) is 2. The fourth-order valence-corrected chi connectivity index (χ4v) is 4.53. The molecule has 2 aromatic rings. The summed E-state index contributed by atoms with van der Waals surface area (Å²) in [4.78, 5) is 21.3. The van der Waals surface area contributed by atoms with Gasteiger partial charge in [0.05, 0.1) is 29.2 Å². The lowest BCUT2D eigenvalue weighted by atomic mass is 10.1. The quantitative estimate of drug-likeness (QED) is 0.566. The third-order valence-electron chi connectivity index (χ3n) is 5.50. The van der Waals surface area contributed by atoms with Crippen LogP contribution < -0.4 is 9.47 Å². The number of hydrogen-bond acceptors (Lipinski definition) is 7. The standard InChI is InChI=1S/C24H21F3N4O3S/c1-30-7-9-31(10-8-30)23-29-22(32)21(35-23)13-15-3-6-19(20(12-15)33-2)34-18-5-4-16(14-28)11-17(18)24(25,26)27/h3-6,11-13H,7-10H2,1-2H3. The molecule has 0 radical (unpaired) electrons. The van der Waals surface area contributed by atoms with E-state index in [-0.39, 0.29) is 23.0 Å². The number of carbonyl (C=O) groups excluding carboxylic acids is 1. The van der Waals surface area contributed by atoms with Crippen molar-refractivity contribution in [2.75, 3.05) is 40.3 Å². The van der Waals surface area contributed by atoms with Gasteiger partial charge in [0.1, 0.15) is 5.75 Å². The van der Waals surface area contributed by atoms with Crippen LogP contribution >= 0.6 is 11.8 Å². The average Bonchev–Trinajstić information content (AvgIpc) is 3.19. The minimum atomic E-state index is -4.71. The topological polar surface area (TPSA) is 78.2 Å². The Kier molecular flexibility index (Phi) is 7.05. The minimum Gasteiger partial charge on any atom is -0.493 e. The molecule has 0 aromatic heterocycles. The number of piperazine rings is 1. The maximum absolute atomic E-state index is 13.5. The SMILES string of the molecule is COc1cc(C=C2SC(N3CCN(C)CC3)=NC2=O)ccc1Oc1ccc(C#N)cc1C(F)(F)F. The van der Waals surface area contributed by atoms with E-state index < -0.39 is 17.5 Å². The zero-order valence-corrected chi connectivity index (χ0v) is 19.7. The van der Waals surface area contributed by atoms with Gasteiger partial charge in [-0.05, 0) is 60.8 Å². The predicted octanol–water partition coefficient (Wildman–Crippen LogP) is 4.60. The van der Waals surface area contributed by atoms with Gasteiger partial charge >= 0.3 is 6.18 Å². The van der Waals surface area contributed by atoms with E-state index in [4.69, 9.17) is 14.7 Å². The highest BCUT2D eigenvalue weighted by molar-refractivity contribution is 8.18. The number of thioether (sulfide) groups is 1. The molecule has 0 bridgehead atoms. The Morgan fingerprint density at radius 3 is 2.46 bits per heavy atom. The molecule has 1 amide bonds. The lowest BCUT2D eigenvalue weighted by Gasteiger charge is -2.32. The summed E-state index contributed by atoms with van der Waals surface area (Å²) in [5, 5.41) is 9.60. The first-order valence-corrected chi connectivity index (χ1v) is 11.4. The van der Waals surface area contributed by atoms with Gasteiger partial charge in [-0.15, -0.1) is 0 Å². The predicted molar refractivity (Wildman–Crippen MR) is 126 cm³/mol. The van der Waals surface area contributed by atoms with Crippen LogP contribution in [0.3, 0.4) is 0 Å². The van der Waals surface area contributed by atoms with E-state index in [1.165, 1.54) is 31.0 Å². The summed E-state index contributed by atoms with van der Waals surface area (Å²) in [6, 6.07) is 9.43. The van der Waals surface area contributed by atoms with Crippen LogP contribution in [-0.2, 0) is 11.0 Å². The van der Waals surface area contributed by atoms with Gasteiger partial charge in [-0.25, -0.2) is 0 Å². The molecule has 0 unspecified atom stereocenters. The Morgan fingerprint density at radius 2 is 1.80 bits per heavy atom. The summed E-state index contributed by atoms with van der Waals surface area (Å²) in [5.74, 6) is -0.541. The first-order valence-electron chi connectivity index (χ1n) is 10.6. The molecule has 2 aromatic carbocycles. The number of hydrogen-bond donors (Lipinski definition) is 0. The second-order valence-corrected chi connectivity index (χ2v) is 8.94. The normalized spacial score (nSPS) is 17.9. The molecule has 7 nitrogen and oxygen atoms in total. The van der Waals surface area contributed by atoms with E-state index in [1.807, 2.05) is 7.05 Å². The minimum absolute atomic E-state index is 0.0598. The van der Waals surface area contributed by atoms with E-state index in [0.29, 0.717) is 15.6 Å². The Hall–Kier alpha value is -3.49. The Labute approximate surface area is 204 Å². The number of carbonyl (C=O) groups is 1. The van der Waals surface area contributed by atoms with Crippen molar-refractivity contribution >= 4 is 28.9 Å². The molecule has 0 N–H and O–H groups in total. The molecule has 4 rings (SSSR count). The van der Waals surface area contributed by atoms with Crippen molar-refractivity contribution in [3.05, 3.63) is 58.0 Å². The number of alkyl halides is 3. The highest BCUT2D eigenvalue weighted by Gasteiger charge is 2.35. The van der Waals surface area contributed by atoms with E-state index in [2.05, 4.69) is 14.8 Å². The highest BCUT2D eigenvalue weighted by Crippen LogP contribution is 2.41. The van der Waals surface area contributed by atoms with E-state index in [9.17, 15) is 18.0 Å². The maximum atomic E-state index is 13.5. The van der Waals surface area contributed by atoms with Crippen molar-refractivity contribution in [1.29, 1.82) is 5.26 Å². The number of nitrogens with zero attached hydrogens (tertiary/aromatic N) is 4. The van der Waals surface area contributed by atoms with Crippen molar-refractivity contribution < 1.29 is 27.4 Å². The van der Waals surface area contributed by atoms with Crippen LogP contribution in [0.25, 0.3) is 6.08 Å². The second-order valence-electron chi connectivity index (χ2n) is 7.93. The molecule has 0 spiro atoms. The van der Waals surface area contributed by atoms with Crippen LogP contribution in [-0.4, -0.2) is 61.2 Å². The van der Waals surface area contributed by atoms with Crippen molar-refractivity contribution in [1.82, 2.24) is 9.80 Å². The van der Waals surface area contributed by atoms with Gasteiger partial charge in [0.15, 0.2) is 16.7 Å². The summed E-state index contributed by atoms with van der Waals surface area (Å²) < 4.78 is 51.3. The second kappa shape index (κ2) is 10.0. The molecule has 0 saturated carbocycles. The third-order valence-corrected chi connectivity index (χ3v) is 6.55. The molecule has 11 heteroatoms. The Morgan fingerprint density at radius 1 is 1.09 bits per heavy atom. The lowest BCUT2D eigenvalue weighted by molar-refractivity contribution is -0.138. The van der Waals surface area contributed by atoms with Crippen molar-refractivity contribution in [2.45, 2.75) is 6.18 Å². The number of likely N-dealkylation sites (N-methyl/N-ethyl adjacent to an activating group) is 1. The molecule has 0 aliphatic carbocycles. The number of aliphatic imine (C=N–C) groups is 1. The zero-order valence-electron chi connectivity index (χ0n) is 18.9. The van der Waals surface area contributed by atoms with E-state index in [1.54, 1.807) is 24.3 Å². The van der Waals surface area contributed by atoms with Crippen LogP contribution in [0.1, 0.15) is 16.7 Å².